The smallest absolute Gasteiger partial charge is 0.254 e. The number of benzene rings is 1. The predicted octanol–water partition coefficient (Wildman–Crippen LogP) is 1.61. The van der Waals surface area contributed by atoms with E-state index >= 15 is 0 Å². The Hall–Kier alpha value is -1.66. The van der Waals surface area contributed by atoms with Crippen LogP contribution in [-0.4, -0.2) is 30.9 Å². The number of carbonyl (C=O) groups excluding carboxylic acids is 2. The van der Waals surface area contributed by atoms with Crippen LogP contribution in [0.4, 0.5) is 10.1 Å². The number of carbonyl (C=O) groups is 2. The lowest BCUT2D eigenvalue weighted by molar-refractivity contribution is -0.116. The molecule has 1 unspecified atom stereocenters. The molecule has 0 aliphatic carbocycles. The molecule has 7 heteroatoms. The topological polar surface area (TPSA) is 70.2 Å². The molecule has 0 bridgehead atoms. The van der Waals surface area contributed by atoms with E-state index in [2.05, 4.69) is 16.0 Å². The van der Waals surface area contributed by atoms with E-state index in [4.69, 9.17) is 0 Å². The van der Waals surface area contributed by atoms with Gasteiger partial charge in [-0.25, -0.2) is 4.39 Å². The van der Waals surface area contributed by atoms with Gasteiger partial charge in [-0.3, -0.25) is 9.59 Å². The summed E-state index contributed by atoms with van der Waals surface area (Å²) in [7, 11) is 0. The predicted molar refractivity (Wildman–Crippen MR) is 84.0 cm³/mol. The van der Waals surface area contributed by atoms with Crippen LogP contribution in [0.5, 0.6) is 0 Å². The number of nitrogens with one attached hydrogen (secondary N) is 3. The fourth-order valence-electron chi connectivity index (χ4n) is 2.81. The lowest BCUT2D eigenvalue weighted by Gasteiger charge is -2.24. The zero-order valence-electron chi connectivity index (χ0n) is 12.1. The van der Waals surface area contributed by atoms with Crippen LogP contribution in [0.15, 0.2) is 12.1 Å². The van der Waals surface area contributed by atoms with E-state index in [1.807, 2.05) is 0 Å². The molecule has 3 rings (SSSR count). The maximum atomic E-state index is 14.1. The summed E-state index contributed by atoms with van der Waals surface area (Å²) in [4.78, 5) is 23.5. The highest BCUT2D eigenvalue weighted by Gasteiger charge is 2.22. The van der Waals surface area contributed by atoms with Crippen LogP contribution in [0.1, 0.15) is 35.2 Å². The molecule has 0 saturated carbocycles. The summed E-state index contributed by atoms with van der Waals surface area (Å²) >= 11 is 0. The van der Waals surface area contributed by atoms with Crippen LogP contribution < -0.4 is 16.0 Å². The SMILES string of the molecule is Cl.O=C1CCc2cc(C(=O)NC3CCCNC3)c(F)cc2N1. The first-order valence-electron chi connectivity index (χ1n) is 7.27. The Morgan fingerprint density at radius 1 is 1.32 bits per heavy atom. The van der Waals surface area contributed by atoms with Crippen LogP contribution in [0.3, 0.4) is 0 Å². The van der Waals surface area contributed by atoms with Gasteiger partial charge < -0.3 is 16.0 Å². The summed E-state index contributed by atoms with van der Waals surface area (Å²) in [6.45, 7) is 1.67. The van der Waals surface area contributed by atoms with Gasteiger partial charge >= 0.3 is 0 Å². The molecule has 2 heterocycles. The van der Waals surface area contributed by atoms with Crippen LogP contribution in [-0.2, 0) is 11.2 Å². The second kappa shape index (κ2) is 7.07. The molecule has 0 aromatic heterocycles. The first-order chi connectivity index (χ1) is 10.1. The Bertz CT molecular complexity index is 588. The Balaban J connectivity index is 0.00000176. The lowest BCUT2D eigenvalue weighted by Crippen LogP contribution is -2.45. The molecule has 1 aromatic carbocycles. The molecule has 1 aromatic rings. The van der Waals surface area contributed by atoms with E-state index in [1.54, 1.807) is 6.07 Å². The monoisotopic (exact) mass is 327 g/mol. The maximum Gasteiger partial charge on any atom is 0.254 e. The number of fused-ring (bicyclic) bond motifs is 1. The van der Waals surface area contributed by atoms with Crippen molar-refractivity contribution in [3.05, 3.63) is 29.1 Å². The van der Waals surface area contributed by atoms with Gasteiger partial charge in [0.25, 0.3) is 5.91 Å². The van der Waals surface area contributed by atoms with E-state index in [1.165, 1.54) is 6.07 Å². The number of amides is 2. The third kappa shape index (κ3) is 3.56. The summed E-state index contributed by atoms with van der Waals surface area (Å²) in [6, 6.07) is 2.83. The molecule has 22 heavy (non-hydrogen) atoms. The summed E-state index contributed by atoms with van der Waals surface area (Å²) in [5.74, 6) is -1.11. The van der Waals surface area contributed by atoms with Gasteiger partial charge in [-0.2, -0.15) is 0 Å². The zero-order valence-corrected chi connectivity index (χ0v) is 12.9. The molecule has 1 atom stereocenters. The lowest BCUT2D eigenvalue weighted by atomic mass is 9.99. The Labute approximate surface area is 134 Å². The fourth-order valence-corrected chi connectivity index (χ4v) is 2.81. The second-order valence-electron chi connectivity index (χ2n) is 5.55. The van der Waals surface area contributed by atoms with Crippen molar-refractivity contribution in [1.29, 1.82) is 0 Å². The summed E-state index contributed by atoms with van der Waals surface area (Å²) in [6.07, 6.45) is 2.81. The highest BCUT2D eigenvalue weighted by atomic mass is 35.5. The first-order valence-corrected chi connectivity index (χ1v) is 7.27. The molecule has 0 spiro atoms. The largest absolute Gasteiger partial charge is 0.348 e. The Morgan fingerprint density at radius 2 is 2.14 bits per heavy atom. The van der Waals surface area contributed by atoms with E-state index in [9.17, 15) is 14.0 Å². The van der Waals surface area contributed by atoms with E-state index in [-0.39, 0.29) is 35.8 Å². The number of anilines is 1. The second-order valence-corrected chi connectivity index (χ2v) is 5.55. The molecular weight excluding hydrogens is 309 g/mol. The standard InChI is InChI=1S/C15H18FN3O2.ClH/c16-12-7-13-9(3-4-14(20)19-13)6-11(12)15(21)18-10-2-1-5-17-8-10;/h6-7,10,17H,1-5,8H2,(H,18,21)(H,19,20);1H. The molecular formula is C15H19ClFN3O2. The number of rotatable bonds is 2. The van der Waals surface area contributed by atoms with Gasteiger partial charge in [-0.1, -0.05) is 0 Å². The quantitative estimate of drug-likeness (QED) is 0.773. The van der Waals surface area contributed by atoms with Gasteiger partial charge in [0.05, 0.1) is 5.56 Å². The number of hydrogen-bond acceptors (Lipinski definition) is 3. The van der Waals surface area contributed by atoms with Crippen LogP contribution >= 0.6 is 12.4 Å². The van der Waals surface area contributed by atoms with Gasteiger partial charge in [0.2, 0.25) is 5.91 Å². The van der Waals surface area contributed by atoms with E-state index in [0.717, 1.165) is 24.9 Å². The van der Waals surface area contributed by atoms with Crippen molar-refractivity contribution in [2.75, 3.05) is 18.4 Å². The van der Waals surface area contributed by atoms with Crippen LogP contribution in [0.25, 0.3) is 0 Å². The maximum absolute atomic E-state index is 14.1. The molecule has 5 nitrogen and oxygen atoms in total. The average molecular weight is 328 g/mol. The molecule has 120 valence electrons. The van der Waals surface area contributed by atoms with Crippen molar-refractivity contribution in [3.8, 4) is 0 Å². The fraction of sp³-hybridized carbons (Fsp3) is 0.467. The third-order valence-electron chi connectivity index (χ3n) is 3.97. The van der Waals surface area contributed by atoms with Gasteiger partial charge in [-0.15, -0.1) is 12.4 Å². The van der Waals surface area contributed by atoms with Crippen molar-refractivity contribution >= 4 is 29.9 Å². The highest BCUT2D eigenvalue weighted by Crippen LogP contribution is 2.26. The number of halogens is 2. The summed E-state index contributed by atoms with van der Waals surface area (Å²) in [5.41, 5.74) is 1.33. The van der Waals surface area contributed by atoms with E-state index in [0.29, 0.717) is 25.1 Å². The Kier molecular flexibility index (Phi) is 5.37. The normalized spacial score (nSPS) is 20.4. The third-order valence-corrected chi connectivity index (χ3v) is 3.97. The molecule has 2 aliphatic rings. The van der Waals surface area contributed by atoms with Crippen molar-refractivity contribution in [3.63, 3.8) is 0 Å². The van der Waals surface area contributed by atoms with Crippen molar-refractivity contribution < 1.29 is 14.0 Å². The van der Waals surface area contributed by atoms with Crippen LogP contribution in [0.2, 0.25) is 0 Å². The molecule has 1 fully saturated rings. The summed E-state index contributed by atoms with van der Waals surface area (Å²) in [5, 5.41) is 8.70. The highest BCUT2D eigenvalue weighted by molar-refractivity contribution is 5.98. The number of aryl methyl sites for hydroxylation is 1. The molecule has 2 aliphatic heterocycles. The Morgan fingerprint density at radius 3 is 2.86 bits per heavy atom. The van der Waals surface area contributed by atoms with Gasteiger partial charge in [0.15, 0.2) is 0 Å². The van der Waals surface area contributed by atoms with Gasteiger partial charge in [0, 0.05) is 24.7 Å². The van der Waals surface area contributed by atoms with E-state index < -0.39 is 5.82 Å². The van der Waals surface area contributed by atoms with Crippen molar-refractivity contribution in [2.45, 2.75) is 31.7 Å². The van der Waals surface area contributed by atoms with Crippen molar-refractivity contribution in [1.82, 2.24) is 10.6 Å². The van der Waals surface area contributed by atoms with Crippen LogP contribution in [0, 0.1) is 5.82 Å². The molecule has 1 saturated heterocycles. The number of piperidine rings is 1. The van der Waals surface area contributed by atoms with Gasteiger partial charge in [0.1, 0.15) is 5.82 Å². The summed E-state index contributed by atoms with van der Waals surface area (Å²) < 4.78 is 14.1. The average Bonchev–Trinajstić information content (AvgIpc) is 2.47. The minimum atomic E-state index is -0.600. The first kappa shape index (κ1) is 16.7. The minimum Gasteiger partial charge on any atom is -0.348 e. The van der Waals surface area contributed by atoms with Crippen molar-refractivity contribution in [2.24, 2.45) is 0 Å². The molecule has 2 amide bonds. The minimum absolute atomic E-state index is 0. The zero-order chi connectivity index (χ0) is 14.8. The van der Waals surface area contributed by atoms with Gasteiger partial charge in [-0.05, 0) is 43.5 Å². The molecule has 0 radical (unpaired) electrons. The molecule has 3 N–H and O–H groups in total. The number of hydrogen-bond donors (Lipinski definition) is 3.